The van der Waals surface area contributed by atoms with Gasteiger partial charge in [-0.15, -0.1) is 0 Å². The summed E-state index contributed by atoms with van der Waals surface area (Å²) in [5, 5.41) is 1.22. The monoisotopic (exact) mass is 342 g/mol. The van der Waals surface area contributed by atoms with Crippen molar-refractivity contribution in [3.63, 3.8) is 0 Å². The van der Waals surface area contributed by atoms with Crippen molar-refractivity contribution in [3.05, 3.63) is 47.5 Å². The van der Waals surface area contributed by atoms with Gasteiger partial charge >= 0.3 is 0 Å². The summed E-state index contributed by atoms with van der Waals surface area (Å²) in [6.07, 6.45) is 9.85. The van der Waals surface area contributed by atoms with Crippen LogP contribution in [0.1, 0.15) is 69.8 Å². The number of hydrogen-bond acceptors (Lipinski definition) is 0. The molecule has 0 radical (unpaired) electrons. The molecule has 0 aliphatic heterocycles. The largest absolute Gasteiger partial charge is 0.203 e. The molecule has 0 spiro atoms. The Kier molecular flexibility index (Phi) is 4.80. The van der Waals surface area contributed by atoms with Gasteiger partial charge in [0, 0.05) is 5.39 Å². The predicted molar refractivity (Wildman–Crippen MR) is 99.7 cm³/mol. The molecule has 2 aromatic rings. The third kappa shape index (κ3) is 3.20. The highest BCUT2D eigenvalue weighted by Gasteiger charge is 2.36. The molecule has 0 nitrogen and oxygen atoms in total. The van der Waals surface area contributed by atoms with Crippen LogP contribution in [0, 0.1) is 29.4 Å². The molecule has 0 aromatic heterocycles. The van der Waals surface area contributed by atoms with Crippen LogP contribution in [0.2, 0.25) is 0 Å². The fraction of sp³-hybridized carbons (Fsp3) is 0.565. The van der Waals surface area contributed by atoms with E-state index in [1.807, 2.05) is 18.2 Å². The minimum Gasteiger partial charge on any atom is -0.203 e. The SMILES string of the molecule is CCCC1CCC2CC(c3cc4ccccc4c(F)c3F)CCC2C1. The minimum atomic E-state index is -0.665. The summed E-state index contributed by atoms with van der Waals surface area (Å²) >= 11 is 0. The minimum absolute atomic E-state index is 0.183. The van der Waals surface area contributed by atoms with Gasteiger partial charge in [-0.05, 0) is 72.8 Å². The Morgan fingerprint density at radius 2 is 1.68 bits per heavy atom. The topological polar surface area (TPSA) is 0 Å². The van der Waals surface area contributed by atoms with Crippen LogP contribution in [-0.4, -0.2) is 0 Å². The lowest BCUT2D eigenvalue weighted by molar-refractivity contribution is 0.113. The second-order valence-corrected chi connectivity index (χ2v) is 8.31. The van der Waals surface area contributed by atoms with Crippen LogP contribution in [0.25, 0.3) is 10.8 Å². The van der Waals surface area contributed by atoms with Gasteiger partial charge in [-0.2, -0.15) is 0 Å². The van der Waals surface area contributed by atoms with Crippen LogP contribution >= 0.6 is 0 Å². The summed E-state index contributed by atoms with van der Waals surface area (Å²) in [5.74, 6) is 1.33. The van der Waals surface area contributed by atoms with Crippen molar-refractivity contribution in [1.82, 2.24) is 0 Å². The molecule has 0 bridgehead atoms. The van der Waals surface area contributed by atoms with E-state index in [0.717, 1.165) is 30.1 Å². The average molecular weight is 342 g/mol. The Morgan fingerprint density at radius 1 is 0.920 bits per heavy atom. The van der Waals surface area contributed by atoms with Crippen molar-refractivity contribution in [2.24, 2.45) is 17.8 Å². The molecule has 134 valence electrons. The lowest BCUT2D eigenvalue weighted by Gasteiger charge is -2.42. The van der Waals surface area contributed by atoms with Crippen LogP contribution in [0.3, 0.4) is 0 Å². The molecule has 2 aliphatic carbocycles. The van der Waals surface area contributed by atoms with Crippen molar-refractivity contribution in [2.75, 3.05) is 0 Å². The third-order valence-corrected chi connectivity index (χ3v) is 6.81. The molecule has 0 N–H and O–H groups in total. The third-order valence-electron chi connectivity index (χ3n) is 6.81. The molecule has 0 heterocycles. The van der Waals surface area contributed by atoms with Gasteiger partial charge in [0.05, 0.1) is 0 Å². The first-order valence-corrected chi connectivity index (χ1v) is 10.0. The highest BCUT2D eigenvalue weighted by atomic mass is 19.2. The molecule has 0 amide bonds. The van der Waals surface area contributed by atoms with E-state index in [0.29, 0.717) is 16.9 Å². The molecular weight excluding hydrogens is 314 g/mol. The van der Waals surface area contributed by atoms with Gasteiger partial charge in [0.1, 0.15) is 0 Å². The van der Waals surface area contributed by atoms with Crippen LogP contribution in [-0.2, 0) is 0 Å². The molecule has 25 heavy (non-hydrogen) atoms. The number of hydrogen-bond donors (Lipinski definition) is 0. The van der Waals surface area contributed by atoms with Gasteiger partial charge in [0.15, 0.2) is 11.6 Å². The first-order chi connectivity index (χ1) is 12.2. The summed E-state index contributed by atoms with van der Waals surface area (Å²) < 4.78 is 29.2. The van der Waals surface area contributed by atoms with Gasteiger partial charge in [0.25, 0.3) is 0 Å². The second kappa shape index (κ2) is 7.05. The standard InChI is InChI=1S/C23H28F2/c1-2-5-15-8-9-17-13-19(11-10-16(17)12-15)21-14-18-6-3-4-7-20(18)22(24)23(21)25/h3-4,6-7,14-17,19H,2,5,8-13H2,1H3. The van der Waals surface area contributed by atoms with E-state index in [9.17, 15) is 8.78 Å². The number of benzene rings is 2. The lowest BCUT2D eigenvalue weighted by atomic mass is 9.63. The lowest BCUT2D eigenvalue weighted by Crippen LogP contribution is -2.30. The Labute approximate surface area is 149 Å². The summed E-state index contributed by atoms with van der Waals surface area (Å²) in [4.78, 5) is 0. The number of fused-ring (bicyclic) bond motifs is 2. The van der Waals surface area contributed by atoms with Gasteiger partial charge in [-0.25, -0.2) is 8.78 Å². The van der Waals surface area contributed by atoms with Crippen LogP contribution < -0.4 is 0 Å². The molecule has 2 fully saturated rings. The first-order valence-electron chi connectivity index (χ1n) is 10.0. The number of rotatable bonds is 3. The Morgan fingerprint density at radius 3 is 2.52 bits per heavy atom. The fourth-order valence-corrected chi connectivity index (χ4v) is 5.53. The Balaban J connectivity index is 1.56. The van der Waals surface area contributed by atoms with Crippen molar-refractivity contribution < 1.29 is 8.78 Å². The van der Waals surface area contributed by atoms with E-state index in [1.165, 1.54) is 38.5 Å². The van der Waals surface area contributed by atoms with E-state index in [4.69, 9.17) is 0 Å². The van der Waals surface area contributed by atoms with Gasteiger partial charge in [0.2, 0.25) is 0 Å². The summed E-state index contributed by atoms with van der Waals surface area (Å²) in [7, 11) is 0. The molecule has 2 aromatic carbocycles. The fourth-order valence-electron chi connectivity index (χ4n) is 5.53. The van der Waals surface area contributed by atoms with Crippen molar-refractivity contribution in [2.45, 2.75) is 64.2 Å². The maximum Gasteiger partial charge on any atom is 0.166 e. The normalized spacial score (nSPS) is 29.6. The molecule has 4 rings (SSSR count). The second-order valence-electron chi connectivity index (χ2n) is 8.31. The molecule has 0 saturated heterocycles. The molecule has 4 unspecified atom stereocenters. The van der Waals surface area contributed by atoms with Gasteiger partial charge in [-0.3, -0.25) is 0 Å². The van der Waals surface area contributed by atoms with E-state index < -0.39 is 11.6 Å². The quantitative estimate of drug-likeness (QED) is 0.552. The molecule has 2 saturated carbocycles. The van der Waals surface area contributed by atoms with E-state index in [-0.39, 0.29) is 5.92 Å². The number of halogens is 2. The zero-order valence-corrected chi connectivity index (χ0v) is 15.1. The maximum absolute atomic E-state index is 14.7. The Hall–Kier alpha value is -1.44. The maximum atomic E-state index is 14.7. The zero-order valence-electron chi connectivity index (χ0n) is 15.1. The van der Waals surface area contributed by atoms with Crippen LogP contribution in [0.4, 0.5) is 8.78 Å². The summed E-state index contributed by atoms with van der Waals surface area (Å²) in [6, 6.07) is 9.13. The van der Waals surface area contributed by atoms with E-state index in [2.05, 4.69) is 6.92 Å². The first kappa shape index (κ1) is 17.0. The Bertz CT molecular complexity index is 751. The van der Waals surface area contributed by atoms with Crippen LogP contribution in [0.15, 0.2) is 30.3 Å². The van der Waals surface area contributed by atoms with Gasteiger partial charge < -0.3 is 0 Å². The zero-order chi connectivity index (χ0) is 17.4. The smallest absolute Gasteiger partial charge is 0.166 e. The highest BCUT2D eigenvalue weighted by Crippen LogP contribution is 2.49. The van der Waals surface area contributed by atoms with Crippen molar-refractivity contribution in [3.8, 4) is 0 Å². The highest BCUT2D eigenvalue weighted by molar-refractivity contribution is 5.84. The average Bonchev–Trinajstić information content (AvgIpc) is 2.64. The molecular formula is C23H28F2. The summed E-state index contributed by atoms with van der Waals surface area (Å²) in [6.45, 7) is 2.28. The molecule has 4 atom stereocenters. The van der Waals surface area contributed by atoms with Crippen LogP contribution in [0.5, 0.6) is 0 Å². The van der Waals surface area contributed by atoms with Gasteiger partial charge in [-0.1, -0.05) is 50.5 Å². The predicted octanol–water partition coefficient (Wildman–Crippen LogP) is 7.22. The molecule has 2 heteroatoms. The van der Waals surface area contributed by atoms with E-state index >= 15 is 0 Å². The summed E-state index contributed by atoms with van der Waals surface area (Å²) in [5.41, 5.74) is 0.616. The molecule has 2 aliphatic rings. The van der Waals surface area contributed by atoms with Crippen molar-refractivity contribution >= 4 is 10.8 Å². The van der Waals surface area contributed by atoms with Crippen molar-refractivity contribution in [1.29, 1.82) is 0 Å². The van der Waals surface area contributed by atoms with E-state index in [1.54, 1.807) is 12.1 Å².